The third-order valence-electron chi connectivity index (χ3n) is 4.23. The standard InChI is InChI=1S/C19H22N4O2/c1-14-5-4-6-15(13-14)18(16-7-2-3-9-20-16)22-19(25)23-11-8-17(24)21-10-12-23/h2-7,9,13,18H,8,10-12H2,1H3,(H,21,24)(H,22,25)/t18-/m0/s1. The summed E-state index contributed by atoms with van der Waals surface area (Å²) in [5.74, 6) is -0.0183. The molecule has 2 N–H and O–H groups in total. The maximum Gasteiger partial charge on any atom is 0.318 e. The van der Waals surface area contributed by atoms with Crippen LogP contribution in [0.2, 0.25) is 0 Å². The lowest BCUT2D eigenvalue weighted by Gasteiger charge is -2.25. The number of nitrogens with one attached hydrogen (secondary N) is 2. The van der Waals surface area contributed by atoms with Gasteiger partial charge >= 0.3 is 6.03 Å². The van der Waals surface area contributed by atoms with Gasteiger partial charge in [-0.3, -0.25) is 9.78 Å². The van der Waals surface area contributed by atoms with Crippen molar-refractivity contribution < 1.29 is 9.59 Å². The van der Waals surface area contributed by atoms with Crippen molar-refractivity contribution in [2.75, 3.05) is 19.6 Å². The Morgan fingerprint density at radius 3 is 2.88 bits per heavy atom. The number of carbonyl (C=O) groups excluding carboxylic acids is 2. The quantitative estimate of drug-likeness (QED) is 0.899. The number of nitrogens with zero attached hydrogens (tertiary/aromatic N) is 2. The van der Waals surface area contributed by atoms with Crippen LogP contribution in [0.25, 0.3) is 0 Å². The number of aromatic nitrogens is 1. The molecule has 1 aliphatic rings. The minimum atomic E-state index is -0.333. The Kier molecular flexibility index (Phi) is 5.28. The van der Waals surface area contributed by atoms with Gasteiger partial charge in [-0.2, -0.15) is 0 Å². The van der Waals surface area contributed by atoms with Gasteiger partial charge in [-0.1, -0.05) is 35.9 Å². The van der Waals surface area contributed by atoms with E-state index in [1.165, 1.54) is 0 Å². The van der Waals surface area contributed by atoms with Crippen molar-refractivity contribution in [3.63, 3.8) is 0 Å². The Hall–Kier alpha value is -2.89. The molecule has 0 unspecified atom stereocenters. The van der Waals surface area contributed by atoms with Crippen LogP contribution in [0.15, 0.2) is 48.7 Å². The van der Waals surface area contributed by atoms with Gasteiger partial charge in [-0.05, 0) is 24.6 Å². The zero-order chi connectivity index (χ0) is 17.6. The largest absolute Gasteiger partial charge is 0.354 e. The predicted molar refractivity (Wildman–Crippen MR) is 95.0 cm³/mol. The molecule has 6 heteroatoms. The lowest BCUT2D eigenvalue weighted by atomic mass is 10.0. The number of carbonyl (C=O) groups is 2. The van der Waals surface area contributed by atoms with Crippen LogP contribution < -0.4 is 10.6 Å². The zero-order valence-electron chi connectivity index (χ0n) is 14.2. The van der Waals surface area contributed by atoms with E-state index < -0.39 is 0 Å². The molecule has 1 atom stereocenters. The molecule has 0 bridgehead atoms. The molecule has 0 radical (unpaired) electrons. The van der Waals surface area contributed by atoms with Crippen LogP contribution in [0, 0.1) is 6.92 Å². The summed E-state index contributed by atoms with van der Waals surface area (Å²) in [4.78, 5) is 30.3. The fourth-order valence-electron chi connectivity index (χ4n) is 2.91. The van der Waals surface area contributed by atoms with Crippen molar-refractivity contribution in [1.29, 1.82) is 0 Å². The zero-order valence-corrected chi connectivity index (χ0v) is 14.2. The number of amides is 3. The van der Waals surface area contributed by atoms with Crippen LogP contribution in [-0.2, 0) is 4.79 Å². The van der Waals surface area contributed by atoms with Gasteiger partial charge in [0.1, 0.15) is 0 Å². The summed E-state index contributed by atoms with van der Waals surface area (Å²) >= 11 is 0. The first kappa shape index (κ1) is 17.0. The molecular weight excluding hydrogens is 316 g/mol. The van der Waals surface area contributed by atoms with E-state index in [9.17, 15) is 9.59 Å². The van der Waals surface area contributed by atoms with E-state index in [4.69, 9.17) is 0 Å². The number of hydrogen-bond donors (Lipinski definition) is 2. The van der Waals surface area contributed by atoms with Gasteiger partial charge in [-0.15, -0.1) is 0 Å². The van der Waals surface area contributed by atoms with Gasteiger partial charge in [0.25, 0.3) is 0 Å². The molecule has 0 spiro atoms. The first-order valence-electron chi connectivity index (χ1n) is 8.43. The average Bonchev–Trinajstić information content (AvgIpc) is 2.85. The monoisotopic (exact) mass is 338 g/mol. The fourth-order valence-corrected chi connectivity index (χ4v) is 2.91. The Bertz CT molecular complexity index is 748. The van der Waals surface area contributed by atoms with Crippen LogP contribution in [0.3, 0.4) is 0 Å². The minimum Gasteiger partial charge on any atom is -0.354 e. The lowest BCUT2D eigenvalue weighted by Crippen LogP contribution is -2.43. The third-order valence-corrected chi connectivity index (χ3v) is 4.23. The Morgan fingerprint density at radius 1 is 1.24 bits per heavy atom. The molecule has 2 aromatic rings. The second kappa shape index (κ2) is 7.79. The van der Waals surface area contributed by atoms with Crippen LogP contribution in [0.4, 0.5) is 4.79 Å². The Balaban J connectivity index is 1.82. The van der Waals surface area contributed by atoms with Gasteiger partial charge in [0, 0.05) is 32.3 Å². The first-order chi connectivity index (χ1) is 12.1. The van der Waals surface area contributed by atoms with Gasteiger partial charge in [0.05, 0.1) is 11.7 Å². The highest BCUT2D eigenvalue weighted by molar-refractivity contribution is 5.79. The number of rotatable bonds is 3. The molecule has 0 saturated carbocycles. The molecule has 1 aliphatic heterocycles. The van der Waals surface area contributed by atoms with E-state index in [1.54, 1.807) is 11.1 Å². The summed E-state index contributed by atoms with van der Waals surface area (Å²) in [7, 11) is 0. The minimum absolute atomic E-state index is 0.0183. The Labute approximate surface area is 147 Å². The molecule has 3 amide bonds. The van der Waals surface area contributed by atoms with E-state index in [0.29, 0.717) is 26.1 Å². The predicted octanol–water partition coefficient (Wildman–Crippen LogP) is 2.01. The molecule has 0 aliphatic carbocycles. The molecular formula is C19H22N4O2. The van der Waals surface area contributed by atoms with Crippen molar-refractivity contribution in [2.45, 2.75) is 19.4 Å². The summed E-state index contributed by atoms with van der Waals surface area (Å²) in [5.41, 5.74) is 2.89. The Morgan fingerprint density at radius 2 is 2.12 bits per heavy atom. The number of urea groups is 1. The maximum absolute atomic E-state index is 12.7. The van der Waals surface area contributed by atoms with E-state index in [-0.39, 0.29) is 18.0 Å². The van der Waals surface area contributed by atoms with Gasteiger partial charge < -0.3 is 15.5 Å². The second-order valence-corrected chi connectivity index (χ2v) is 6.14. The summed E-state index contributed by atoms with van der Waals surface area (Å²) in [6.45, 7) is 3.42. The molecule has 1 saturated heterocycles. The fraction of sp³-hybridized carbons (Fsp3) is 0.316. The van der Waals surface area contributed by atoms with Crippen LogP contribution in [-0.4, -0.2) is 41.5 Å². The van der Waals surface area contributed by atoms with Crippen molar-refractivity contribution >= 4 is 11.9 Å². The average molecular weight is 338 g/mol. The molecule has 130 valence electrons. The van der Waals surface area contributed by atoms with Crippen LogP contribution in [0.5, 0.6) is 0 Å². The summed E-state index contributed by atoms with van der Waals surface area (Å²) in [6.07, 6.45) is 2.05. The van der Waals surface area contributed by atoms with Crippen molar-refractivity contribution in [3.8, 4) is 0 Å². The van der Waals surface area contributed by atoms with Gasteiger partial charge in [0.15, 0.2) is 0 Å². The van der Waals surface area contributed by atoms with Crippen molar-refractivity contribution in [1.82, 2.24) is 20.5 Å². The number of pyridine rings is 1. The highest BCUT2D eigenvalue weighted by Crippen LogP contribution is 2.21. The second-order valence-electron chi connectivity index (χ2n) is 6.14. The molecule has 1 aromatic heterocycles. The van der Waals surface area contributed by atoms with Crippen molar-refractivity contribution in [3.05, 3.63) is 65.5 Å². The van der Waals surface area contributed by atoms with Gasteiger partial charge in [-0.25, -0.2) is 4.79 Å². The molecule has 1 fully saturated rings. The van der Waals surface area contributed by atoms with E-state index in [1.807, 2.05) is 49.4 Å². The number of aryl methyl sites for hydroxylation is 1. The lowest BCUT2D eigenvalue weighted by molar-refractivity contribution is -0.120. The first-order valence-corrected chi connectivity index (χ1v) is 8.43. The highest BCUT2D eigenvalue weighted by atomic mass is 16.2. The summed E-state index contributed by atoms with van der Waals surface area (Å²) in [6, 6.07) is 13.2. The molecule has 3 rings (SSSR count). The molecule has 25 heavy (non-hydrogen) atoms. The summed E-state index contributed by atoms with van der Waals surface area (Å²) < 4.78 is 0. The topological polar surface area (TPSA) is 74.3 Å². The van der Waals surface area contributed by atoms with Crippen LogP contribution >= 0.6 is 0 Å². The van der Waals surface area contributed by atoms with E-state index in [2.05, 4.69) is 15.6 Å². The van der Waals surface area contributed by atoms with E-state index >= 15 is 0 Å². The van der Waals surface area contributed by atoms with Crippen molar-refractivity contribution in [2.24, 2.45) is 0 Å². The molecule has 1 aromatic carbocycles. The molecule has 6 nitrogen and oxygen atoms in total. The van der Waals surface area contributed by atoms with E-state index in [0.717, 1.165) is 16.8 Å². The molecule has 2 heterocycles. The maximum atomic E-state index is 12.7. The summed E-state index contributed by atoms with van der Waals surface area (Å²) in [5, 5.41) is 5.86. The number of hydrogen-bond acceptors (Lipinski definition) is 3. The normalized spacial score (nSPS) is 15.9. The SMILES string of the molecule is Cc1cccc([C@H](NC(=O)N2CCNC(=O)CC2)c2ccccn2)c1. The number of benzene rings is 1. The smallest absolute Gasteiger partial charge is 0.318 e. The third kappa shape index (κ3) is 4.35. The highest BCUT2D eigenvalue weighted by Gasteiger charge is 2.23. The van der Waals surface area contributed by atoms with Gasteiger partial charge in [0.2, 0.25) is 5.91 Å². The van der Waals surface area contributed by atoms with Crippen LogP contribution in [0.1, 0.15) is 29.3 Å².